The minimum Gasteiger partial charge on any atom is -0.822 e. The Hall–Kier alpha value is 11.6. The van der Waals surface area contributed by atoms with Crippen molar-refractivity contribution < 1.29 is 335 Å². The topological polar surface area (TPSA) is 1450 Å². The molecule has 0 heterocycles. The summed E-state index contributed by atoms with van der Waals surface area (Å²) in [5.74, 6) is 0. The van der Waals surface area contributed by atoms with Crippen LogP contribution >= 0.6 is 125 Å². The zero-order valence-electron chi connectivity index (χ0n) is 42.7. The van der Waals surface area contributed by atoms with Crippen molar-refractivity contribution in [2.24, 2.45) is 0 Å². The van der Waals surface area contributed by atoms with Gasteiger partial charge in [-0.25, -0.2) is 45.7 Å². The third-order valence-corrected chi connectivity index (χ3v) is 0. The van der Waals surface area contributed by atoms with E-state index >= 15 is 0 Å². The molecule has 0 amide bonds. The molecule has 0 spiro atoms. The smallest absolute Gasteiger partial charge is 0.822 e. The van der Waals surface area contributed by atoms with Crippen molar-refractivity contribution in [3.05, 3.63) is 0 Å². The molecule has 93 heteroatoms. The van der Waals surface area contributed by atoms with Crippen LogP contribution in [0.25, 0.3) is 0 Å². The van der Waals surface area contributed by atoms with Gasteiger partial charge in [0.15, 0.2) is 0 Å². The van der Waals surface area contributed by atoms with Crippen LogP contribution in [0.5, 0.6) is 0 Å². The van der Waals surface area contributed by atoms with Gasteiger partial charge in [0.25, 0.3) is 7.82 Å². The second-order valence-corrected chi connectivity index (χ2v) is 23.6. The first-order chi connectivity index (χ1) is 32.0. The van der Waals surface area contributed by atoms with Crippen LogP contribution in [-0.4, -0.2) is 486 Å². The molecule has 0 saturated carbocycles. The maximum Gasteiger partial charge on any atom is 2.00 e. The van der Waals surface area contributed by atoms with E-state index in [4.69, 9.17) is 308 Å². The maximum atomic E-state index is 8.88. The Balaban J connectivity index is -0.0000000172. The Morgan fingerprint density at radius 3 is 0.129 bits per heavy atom. The van der Waals surface area contributed by atoms with Gasteiger partial charge in [0.2, 0.25) is 0 Å². The summed E-state index contributed by atoms with van der Waals surface area (Å²) in [6.45, 7) is 0. The van der Waals surface area contributed by atoms with E-state index in [1.54, 1.807) is 0 Å². The van der Waals surface area contributed by atoms with E-state index in [0.717, 1.165) is 0 Å². The minimum absolute atomic E-state index is 0. The summed E-state index contributed by atoms with van der Waals surface area (Å²) >= 11 is 0. The van der Waals surface area contributed by atoms with Gasteiger partial charge in [-0.05, 0) is 0 Å². The molecule has 42 N–H and O–H groups in total. The molecular formula is H42Ca8O69P16. The predicted molar refractivity (Wildman–Crippen MR) is 257 cm³/mol. The Bertz CT molecular complexity index is 1480. The first-order valence-electron chi connectivity index (χ1n) is 12.2. The van der Waals surface area contributed by atoms with Crippen molar-refractivity contribution in [1.29, 1.82) is 0 Å². The molecule has 0 aliphatic rings. The second-order valence-electron chi connectivity index (χ2n) is 7.86. The monoisotopic (exact) mass is 1960 g/mol. The van der Waals surface area contributed by atoms with Gasteiger partial charge in [-0.2, -0.15) is 39.1 Å². The number of hydrogen-bond donors (Lipinski definition) is 32. The van der Waals surface area contributed by atoms with Gasteiger partial charge in [-0.3, -0.25) is 4.57 Å². The number of phosphoric acid groups is 16. The molecule has 552 valence electrons. The van der Waals surface area contributed by atoms with Crippen LogP contribution in [-0.2, 0) is 73.0 Å². The van der Waals surface area contributed by atoms with Crippen molar-refractivity contribution >= 4 is 427 Å². The van der Waals surface area contributed by atoms with Crippen LogP contribution < -0.4 is 78.3 Å². The van der Waals surface area contributed by atoms with Crippen molar-refractivity contribution in [1.82, 2.24) is 0 Å². The quantitative estimate of drug-likeness (QED) is 0.0791. The van der Waals surface area contributed by atoms with Crippen molar-refractivity contribution in [2.75, 3.05) is 0 Å². The van der Waals surface area contributed by atoms with Crippen LogP contribution in [0.3, 0.4) is 0 Å². The zero-order valence-corrected chi connectivity index (χ0v) is 74.7. The van der Waals surface area contributed by atoms with Gasteiger partial charge in [0.05, 0.1) is 0 Å². The summed E-state index contributed by atoms with van der Waals surface area (Å²) in [6, 6.07) is 0. The van der Waals surface area contributed by atoms with Gasteiger partial charge < -0.3 is 285 Å². The maximum absolute atomic E-state index is 8.88. The largest absolute Gasteiger partial charge is 2.00 e. The Labute approximate surface area is 749 Å². The molecule has 0 aliphatic heterocycles. The van der Waals surface area contributed by atoms with Crippen molar-refractivity contribution in [3.63, 3.8) is 0 Å². The van der Waals surface area contributed by atoms with Gasteiger partial charge in [-0.15, -0.1) is 0 Å². The molecule has 0 bridgehead atoms. The normalized spacial score (nSPS) is 10.2. The summed E-state index contributed by atoms with van der Waals surface area (Å²) in [4.78, 5) is 367. The molecule has 93 heavy (non-hydrogen) atoms. The molecule has 0 saturated heterocycles. The van der Waals surface area contributed by atoms with Crippen LogP contribution in [0.1, 0.15) is 0 Å². The van der Waals surface area contributed by atoms with Crippen LogP contribution in [0, 0.1) is 0 Å². The molecule has 69 nitrogen and oxygen atoms in total. The van der Waals surface area contributed by atoms with Gasteiger partial charge in [0, 0.05) is 0 Å². The average molecular weight is 1960 g/mol. The van der Waals surface area contributed by atoms with Crippen LogP contribution in [0.15, 0.2) is 0 Å². The van der Waals surface area contributed by atoms with Gasteiger partial charge >= 0.3 is 380 Å². The zero-order chi connectivity index (χ0) is 72.0. The average Bonchev–Trinajstić information content (AvgIpc) is 2.70. The standard InChI is InChI=1S/8Ca.16H3O4P.5H2O/c;;;;;;;;16*1-5(2,3)4;;;;;/h;;;;;;;;16*(H3,1,2,3,4);5*1H2/q8*+2;;;;;;;;;;;;;;;;;;;;;/p-16. The predicted octanol–water partition coefficient (Wildman–Crippen LogP) is -32.1. The number of hydrogen-bond acceptors (Lipinski definition) is 32. The van der Waals surface area contributed by atoms with E-state index in [1.165, 1.54) is 0 Å². The second kappa shape index (κ2) is 94.2. The molecule has 0 radical (unpaired) electrons. The molecule has 0 rings (SSSR count). The molecule has 0 aliphatic carbocycles. The molecule has 0 aromatic rings. The number of rotatable bonds is 0. The fourth-order valence-electron chi connectivity index (χ4n) is 0. The van der Waals surface area contributed by atoms with E-state index in [0.29, 0.717) is 0 Å². The fraction of sp³-hybridized carbons (Fsp3) is 0. The van der Waals surface area contributed by atoms with Gasteiger partial charge in [-0.1, -0.05) is 0 Å². The Morgan fingerprint density at radius 2 is 0.129 bits per heavy atom. The molecule has 0 unspecified atom stereocenters. The molecule has 0 fully saturated rings. The van der Waals surface area contributed by atoms with Crippen LogP contribution in [0.4, 0.5) is 0 Å². The summed E-state index contributed by atoms with van der Waals surface area (Å²) in [6.07, 6.45) is 0. The first kappa shape index (κ1) is 196. The van der Waals surface area contributed by atoms with Crippen LogP contribution in [0.2, 0.25) is 0 Å². The van der Waals surface area contributed by atoms with E-state index in [9.17, 15) is 0 Å². The summed E-state index contributed by atoms with van der Waals surface area (Å²) < 4.78 is 140. The first-order valence-corrected chi connectivity index (χ1v) is 36.7. The Kier molecular flexibility index (Phi) is 199. The van der Waals surface area contributed by atoms with Gasteiger partial charge in [0.1, 0.15) is 0 Å². The van der Waals surface area contributed by atoms with Crippen molar-refractivity contribution in [3.8, 4) is 0 Å². The third kappa shape index (κ3) is 7900. The fourth-order valence-corrected chi connectivity index (χ4v) is 0. The molecular weight excluding hydrogens is 1920 g/mol. The molecule has 0 aromatic carbocycles. The van der Waals surface area contributed by atoms with E-state index in [2.05, 4.69) is 0 Å². The summed E-state index contributed by atoms with van der Waals surface area (Å²) in [5.41, 5.74) is 0. The Morgan fingerprint density at radius 1 is 0.129 bits per heavy atom. The molecule has 0 aromatic heterocycles. The van der Waals surface area contributed by atoms with E-state index in [-0.39, 0.29) is 329 Å². The summed E-state index contributed by atoms with van der Waals surface area (Å²) in [7, 11) is -78.2. The van der Waals surface area contributed by atoms with E-state index in [1.807, 2.05) is 0 Å². The SMILES string of the molecule is O.O.O.O.O.O=P(O)(O)O.O=P(O)(O)O.O=P(O)(O)O.O=P(O)(O)O.O=P(O)(O)O.O=P(O)(O)O.O=P(O)(O)O.O=P(O)(O)O.O=P(O)(O)O.O=P(O)(O)O.O=P([O-])(O)O.O=P([O-])([O-])[O-].O=P([O-])([O-])[O-].O=P([O-])([O-])[O-].O=P([O-])([O-])[O-].O=P([O-])([O-])[O-].[Ca+2].[Ca+2].[Ca+2].[Ca+2].[Ca+2].[Ca+2].[Ca+2].[Ca+2]. The molecule has 0 atom stereocenters. The van der Waals surface area contributed by atoms with Crippen molar-refractivity contribution in [2.45, 2.75) is 0 Å². The summed E-state index contributed by atoms with van der Waals surface area (Å²) in [5, 5.41) is 0. The third-order valence-electron chi connectivity index (χ3n) is 0. The van der Waals surface area contributed by atoms with E-state index < -0.39 is 125 Å². The minimum atomic E-state index is -5.39.